The summed E-state index contributed by atoms with van der Waals surface area (Å²) in [6.45, 7) is 7.88. The van der Waals surface area contributed by atoms with Gasteiger partial charge in [0.2, 0.25) is 0 Å². The van der Waals surface area contributed by atoms with Crippen LogP contribution in [0.15, 0.2) is 0 Å². The minimum atomic E-state index is -2.16. The molecule has 1 saturated carbocycles. The third kappa shape index (κ3) is 5.19. The van der Waals surface area contributed by atoms with Crippen molar-refractivity contribution in [2.75, 3.05) is 0 Å². The van der Waals surface area contributed by atoms with Gasteiger partial charge in [0.1, 0.15) is 0 Å². The molecule has 0 heterocycles. The predicted octanol–water partition coefficient (Wildman–Crippen LogP) is 3.72. The Labute approximate surface area is 127 Å². The first-order valence-corrected chi connectivity index (χ1v) is 17.6. The quantitative estimate of drug-likeness (QED) is 0.344. The summed E-state index contributed by atoms with van der Waals surface area (Å²) < 4.78 is 0.530. The van der Waals surface area contributed by atoms with Gasteiger partial charge < -0.3 is 0 Å². The van der Waals surface area contributed by atoms with Crippen LogP contribution < -0.4 is 0 Å². The van der Waals surface area contributed by atoms with Crippen molar-refractivity contribution in [2.24, 2.45) is 11.3 Å². The Kier molecular flexibility index (Phi) is 5.59. The second-order valence-corrected chi connectivity index (χ2v) is 24.2. The molecule has 0 radical (unpaired) electrons. The average Bonchev–Trinajstić information content (AvgIpc) is 2.23. The monoisotopic (exact) mass is 394 g/mol. The van der Waals surface area contributed by atoms with Gasteiger partial charge >= 0.3 is 127 Å². The summed E-state index contributed by atoms with van der Waals surface area (Å²) in [7, 11) is 0. The summed E-state index contributed by atoms with van der Waals surface area (Å²) in [4.78, 5) is 27.9. The van der Waals surface area contributed by atoms with Gasteiger partial charge in [0.25, 0.3) is 0 Å². The van der Waals surface area contributed by atoms with E-state index in [1.165, 1.54) is 6.92 Å². The Balaban J connectivity index is 2.92. The fourth-order valence-electron chi connectivity index (χ4n) is 2.89. The third-order valence-corrected chi connectivity index (χ3v) is 12.7. The normalized spacial score (nSPS) is 32.0. The maximum atomic E-state index is 10.9. The van der Waals surface area contributed by atoms with Crippen LogP contribution in [0, 0.1) is 11.3 Å². The van der Waals surface area contributed by atoms with E-state index in [4.69, 9.17) is 4.89 Å². The van der Waals surface area contributed by atoms with Crippen LogP contribution in [0.1, 0.15) is 47.0 Å². The molecule has 0 aromatic heterocycles. The zero-order chi connectivity index (χ0) is 15.8. The molecule has 0 bridgehead atoms. The molecule has 0 unspecified atom stereocenters. The maximum absolute atomic E-state index is 10.9. The summed E-state index contributed by atoms with van der Waals surface area (Å²) in [6.07, 6.45) is 2.27. The number of hydrogen-bond acceptors (Lipinski definition) is 4. The zero-order valence-electron chi connectivity index (χ0n) is 13.9. The van der Waals surface area contributed by atoms with Crippen LogP contribution in [0.5, 0.6) is 0 Å². The summed E-state index contributed by atoms with van der Waals surface area (Å²) in [6, 6.07) is 0. The molecule has 1 N–H and O–H groups in total. The van der Waals surface area contributed by atoms with Crippen molar-refractivity contribution in [1.29, 1.82) is 0 Å². The van der Waals surface area contributed by atoms with Gasteiger partial charge in [0, 0.05) is 0 Å². The summed E-state index contributed by atoms with van der Waals surface area (Å²) in [5, 5.41) is 10.7. The molecule has 5 heteroatoms. The summed E-state index contributed by atoms with van der Waals surface area (Å²) in [5.74, 6) is -1.47. The van der Waals surface area contributed by atoms with Gasteiger partial charge in [-0.15, -0.1) is 0 Å². The Morgan fingerprint density at radius 2 is 1.80 bits per heavy atom. The van der Waals surface area contributed by atoms with Gasteiger partial charge in [-0.3, -0.25) is 0 Å². The van der Waals surface area contributed by atoms with Gasteiger partial charge in [0.15, 0.2) is 0 Å². The fourth-order valence-corrected chi connectivity index (χ4v) is 8.38. The van der Waals surface area contributed by atoms with E-state index in [0.29, 0.717) is 22.7 Å². The van der Waals surface area contributed by atoms with Gasteiger partial charge in [-0.05, 0) is 0 Å². The zero-order valence-corrected chi connectivity index (χ0v) is 16.8. The molecule has 0 amide bonds. The molecule has 1 aliphatic carbocycles. The van der Waals surface area contributed by atoms with E-state index < -0.39 is 30.1 Å². The molecular formula is C15H30O4Sn. The van der Waals surface area contributed by atoms with E-state index in [1.807, 2.05) is 0 Å². The second kappa shape index (κ2) is 6.13. The number of rotatable bonds is 3. The van der Waals surface area contributed by atoms with Gasteiger partial charge in [-0.2, -0.15) is 0 Å². The standard InChI is InChI=1S/C12H21O4.3CH3.Sn/c1-9(13)15-16-12(14)7-5-6-10(8-12)11(2,3)4;;;;/h5,10,14H,6-8H2,1-4H3;3*1H3;/t10-,12+;;;;/m0..../s1. The molecule has 0 spiro atoms. The Morgan fingerprint density at radius 3 is 2.20 bits per heavy atom. The molecule has 20 heavy (non-hydrogen) atoms. The first-order valence-electron chi connectivity index (χ1n) is 7.42. The van der Waals surface area contributed by atoms with Crippen molar-refractivity contribution in [2.45, 2.75) is 71.5 Å². The number of aliphatic hydroxyl groups is 1. The van der Waals surface area contributed by atoms with E-state index >= 15 is 0 Å². The number of carbonyl (C=O) groups excluding carboxylic acids is 1. The Morgan fingerprint density at radius 1 is 1.25 bits per heavy atom. The Bertz CT molecular complexity index is 332. The van der Waals surface area contributed by atoms with E-state index in [9.17, 15) is 9.90 Å². The van der Waals surface area contributed by atoms with Gasteiger partial charge in [-0.1, -0.05) is 0 Å². The van der Waals surface area contributed by atoms with Crippen LogP contribution in [0.4, 0.5) is 0 Å². The topological polar surface area (TPSA) is 55.8 Å². The second-order valence-electron chi connectivity index (χ2n) is 8.37. The number of hydrogen-bond donors (Lipinski definition) is 1. The van der Waals surface area contributed by atoms with Crippen LogP contribution in [0.2, 0.25) is 18.8 Å². The van der Waals surface area contributed by atoms with Crippen LogP contribution >= 0.6 is 0 Å². The first-order chi connectivity index (χ1) is 8.83. The van der Waals surface area contributed by atoms with Crippen molar-refractivity contribution >= 4 is 24.3 Å². The van der Waals surface area contributed by atoms with Crippen LogP contribution in [-0.4, -0.2) is 35.2 Å². The van der Waals surface area contributed by atoms with Crippen molar-refractivity contribution in [1.82, 2.24) is 0 Å². The number of carbonyl (C=O) groups is 1. The molecule has 1 aliphatic rings. The van der Waals surface area contributed by atoms with E-state index in [0.717, 1.165) is 6.42 Å². The average molecular weight is 393 g/mol. The molecule has 1 rings (SSSR count). The molecule has 118 valence electrons. The minimum absolute atomic E-state index is 0.114. The Hall–Kier alpha value is 0.189. The van der Waals surface area contributed by atoms with E-state index in [1.54, 1.807) is 0 Å². The molecule has 0 aliphatic heterocycles. The molecule has 3 atom stereocenters. The van der Waals surface area contributed by atoms with Crippen molar-refractivity contribution < 1.29 is 19.7 Å². The predicted molar refractivity (Wildman–Crippen MR) is 81.7 cm³/mol. The van der Waals surface area contributed by atoms with E-state index in [-0.39, 0.29) is 5.41 Å². The fraction of sp³-hybridized carbons (Fsp3) is 0.933. The van der Waals surface area contributed by atoms with Crippen molar-refractivity contribution in [3.05, 3.63) is 0 Å². The third-order valence-electron chi connectivity index (χ3n) is 4.46. The van der Waals surface area contributed by atoms with Crippen LogP contribution in [-0.2, 0) is 14.6 Å². The summed E-state index contributed by atoms with van der Waals surface area (Å²) >= 11 is -2.16. The molecule has 0 aromatic carbocycles. The molecule has 0 saturated heterocycles. The van der Waals surface area contributed by atoms with Crippen LogP contribution in [0.3, 0.4) is 0 Å². The molecule has 0 aromatic rings. The van der Waals surface area contributed by atoms with E-state index in [2.05, 4.69) is 40.5 Å². The molecular weight excluding hydrogens is 363 g/mol. The van der Waals surface area contributed by atoms with Crippen molar-refractivity contribution in [3.8, 4) is 0 Å². The molecule has 4 nitrogen and oxygen atoms in total. The first kappa shape index (κ1) is 18.2. The van der Waals surface area contributed by atoms with Gasteiger partial charge in [-0.25, -0.2) is 0 Å². The van der Waals surface area contributed by atoms with Crippen LogP contribution in [0.25, 0.3) is 0 Å². The van der Waals surface area contributed by atoms with Gasteiger partial charge in [0.05, 0.1) is 0 Å². The molecule has 1 fully saturated rings. The SMILES string of the molecule is CC(=O)OO[C@@]1(O)C[C@@H](C(C)(C)C)C[C@H]([Sn]([CH3])([CH3])[CH3])C1. The summed E-state index contributed by atoms with van der Waals surface area (Å²) in [5.41, 5.74) is 0.114. The van der Waals surface area contributed by atoms with Crippen molar-refractivity contribution in [3.63, 3.8) is 0 Å².